The number of nitrogens with zero attached hydrogens (tertiary/aromatic N) is 1. The maximum atomic E-state index is 12.6. The summed E-state index contributed by atoms with van der Waals surface area (Å²) >= 11 is 0. The zero-order valence-corrected chi connectivity index (χ0v) is 16.3. The first-order valence-electron chi connectivity index (χ1n) is 10.6. The van der Waals surface area contributed by atoms with Gasteiger partial charge in [-0.2, -0.15) is 0 Å². The van der Waals surface area contributed by atoms with E-state index in [4.69, 9.17) is 5.73 Å². The molecule has 1 aromatic carbocycles. The molecule has 2 N–H and O–H groups in total. The number of hydrogen-bond acceptors (Lipinski definition) is 2. The third-order valence-corrected chi connectivity index (χ3v) is 7.39. The van der Waals surface area contributed by atoms with Gasteiger partial charge in [-0.25, -0.2) is 0 Å². The highest BCUT2D eigenvalue weighted by molar-refractivity contribution is 5.76. The molecule has 1 heterocycles. The van der Waals surface area contributed by atoms with Crippen molar-refractivity contribution in [1.29, 1.82) is 0 Å². The molecule has 0 aromatic heterocycles. The smallest absolute Gasteiger partial charge is 0.222 e. The van der Waals surface area contributed by atoms with Crippen LogP contribution in [0.25, 0.3) is 0 Å². The minimum Gasteiger partial charge on any atom is -0.341 e. The number of amides is 1. The molecule has 3 heteroatoms. The molecular formula is C23H34N2O. The Bertz CT molecular complexity index is 645. The first kappa shape index (κ1) is 18.0. The average molecular weight is 355 g/mol. The number of carbonyl (C=O) groups is 1. The Kier molecular flexibility index (Phi) is 4.85. The zero-order valence-electron chi connectivity index (χ0n) is 16.3. The lowest BCUT2D eigenvalue weighted by molar-refractivity contribution is -0.130. The van der Waals surface area contributed by atoms with E-state index in [1.165, 1.54) is 44.1 Å². The predicted octanol–water partition coefficient (Wildman–Crippen LogP) is 4.25. The molecule has 2 bridgehead atoms. The van der Waals surface area contributed by atoms with Gasteiger partial charge in [0.2, 0.25) is 5.91 Å². The van der Waals surface area contributed by atoms with Crippen LogP contribution in [0.1, 0.15) is 70.3 Å². The summed E-state index contributed by atoms with van der Waals surface area (Å²) in [6.07, 6.45) is 10.6. The van der Waals surface area contributed by atoms with E-state index < -0.39 is 0 Å². The summed E-state index contributed by atoms with van der Waals surface area (Å²) in [6, 6.07) is 11.4. The zero-order chi connectivity index (χ0) is 18.2. The quantitative estimate of drug-likeness (QED) is 0.878. The van der Waals surface area contributed by atoms with Crippen molar-refractivity contribution in [2.45, 2.75) is 76.2 Å². The lowest BCUT2D eigenvalue weighted by atomic mass is 9.50. The molecule has 1 unspecified atom stereocenters. The molecule has 2 saturated carbocycles. The summed E-state index contributed by atoms with van der Waals surface area (Å²) in [5.74, 6) is 1.00. The fraction of sp³-hybridized carbons (Fsp3) is 0.696. The second kappa shape index (κ2) is 6.99. The summed E-state index contributed by atoms with van der Waals surface area (Å²) in [4.78, 5) is 14.6. The molecule has 1 amide bonds. The molecule has 4 rings (SSSR count). The van der Waals surface area contributed by atoms with Gasteiger partial charge in [0.25, 0.3) is 0 Å². The fourth-order valence-electron chi connectivity index (χ4n) is 6.38. The van der Waals surface area contributed by atoms with Gasteiger partial charge in [-0.1, -0.05) is 43.7 Å². The Labute approximate surface area is 158 Å². The molecule has 4 atom stereocenters. The largest absolute Gasteiger partial charge is 0.341 e. The molecule has 2 aliphatic carbocycles. The van der Waals surface area contributed by atoms with Crippen LogP contribution in [-0.4, -0.2) is 29.9 Å². The average Bonchev–Trinajstić information content (AvgIpc) is 3.06. The van der Waals surface area contributed by atoms with Gasteiger partial charge < -0.3 is 10.6 Å². The summed E-state index contributed by atoms with van der Waals surface area (Å²) in [5.41, 5.74) is 8.30. The number of likely N-dealkylation sites (tertiary alicyclic amines) is 1. The van der Waals surface area contributed by atoms with E-state index in [1.54, 1.807) is 0 Å². The maximum Gasteiger partial charge on any atom is 0.222 e. The molecule has 3 nitrogen and oxygen atoms in total. The van der Waals surface area contributed by atoms with Crippen LogP contribution >= 0.6 is 0 Å². The van der Waals surface area contributed by atoms with Crippen LogP contribution in [0.15, 0.2) is 30.3 Å². The highest BCUT2D eigenvalue weighted by Gasteiger charge is 2.49. The molecule has 0 spiro atoms. The summed E-state index contributed by atoms with van der Waals surface area (Å²) < 4.78 is 0. The number of carbonyl (C=O) groups excluding carboxylic acids is 1. The number of hydrogen-bond donors (Lipinski definition) is 1. The van der Waals surface area contributed by atoms with Gasteiger partial charge in [-0.3, -0.25) is 4.79 Å². The molecule has 142 valence electrons. The minimum absolute atomic E-state index is 0.188. The van der Waals surface area contributed by atoms with Gasteiger partial charge in [0.1, 0.15) is 0 Å². The fourth-order valence-corrected chi connectivity index (χ4v) is 6.38. The molecule has 1 aromatic rings. The van der Waals surface area contributed by atoms with E-state index in [0.29, 0.717) is 29.1 Å². The number of rotatable bonds is 4. The lowest BCUT2D eigenvalue weighted by Gasteiger charge is -2.54. The molecule has 1 aliphatic heterocycles. The van der Waals surface area contributed by atoms with Crippen LogP contribution in [0.2, 0.25) is 0 Å². The highest BCUT2D eigenvalue weighted by atomic mass is 16.2. The second-order valence-corrected chi connectivity index (χ2v) is 9.69. The number of benzene rings is 1. The standard InChI is InChI=1S/C23H34N2O/c1-22-11-5-12-23(17-22,19-6-3-2-4-7-19)15-18(14-22)8-9-21(26)25-13-10-20(24)16-25/h2-4,6-7,18,20H,5,8-17,24H2,1H3/t18?,20-,22-,23-/m1/s1. The molecule has 26 heavy (non-hydrogen) atoms. The second-order valence-electron chi connectivity index (χ2n) is 9.69. The third-order valence-electron chi connectivity index (χ3n) is 7.39. The molecule has 3 fully saturated rings. The number of fused-ring (bicyclic) bond motifs is 2. The van der Waals surface area contributed by atoms with Crippen molar-refractivity contribution in [2.24, 2.45) is 17.1 Å². The normalized spacial score (nSPS) is 36.9. The van der Waals surface area contributed by atoms with Crippen molar-refractivity contribution in [3.05, 3.63) is 35.9 Å². The van der Waals surface area contributed by atoms with Crippen molar-refractivity contribution >= 4 is 5.91 Å². The monoisotopic (exact) mass is 354 g/mol. The van der Waals surface area contributed by atoms with E-state index in [2.05, 4.69) is 37.3 Å². The van der Waals surface area contributed by atoms with Gasteiger partial charge in [0.05, 0.1) is 0 Å². The first-order chi connectivity index (χ1) is 12.5. The minimum atomic E-state index is 0.188. The SMILES string of the molecule is C[C@@]12CCC[C@@](c3ccccc3)(CC(CCC(=O)N3CC[C@@H](N)C3)C1)C2. The van der Waals surface area contributed by atoms with Gasteiger partial charge >= 0.3 is 0 Å². The predicted molar refractivity (Wildman–Crippen MR) is 106 cm³/mol. The molecule has 1 saturated heterocycles. The van der Waals surface area contributed by atoms with Gasteiger partial charge in [0, 0.05) is 25.6 Å². The summed E-state index contributed by atoms with van der Waals surface area (Å²) in [7, 11) is 0. The van der Waals surface area contributed by atoms with Crippen LogP contribution in [-0.2, 0) is 10.2 Å². The van der Waals surface area contributed by atoms with Gasteiger partial charge in [-0.15, -0.1) is 0 Å². The van der Waals surface area contributed by atoms with Crippen LogP contribution in [0.5, 0.6) is 0 Å². The Hall–Kier alpha value is -1.35. The van der Waals surface area contributed by atoms with Crippen molar-refractivity contribution in [3.63, 3.8) is 0 Å². The van der Waals surface area contributed by atoms with Crippen molar-refractivity contribution in [2.75, 3.05) is 13.1 Å². The van der Waals surface area contributed by atoms with E-state index in [-0.39, 0.29) is 6.04 Å². The van der Waals surface area contributed by atoms with Crippen LogP contribution in [0, 0.1) is 11.3 Å². The maximum absolute atomic E-state index is 12.6. The van der Waals surface area contributed by atoms with Crippen molar-refractivity contribution in [1.82, 2.24) is 4.90 Å². The summed E-state index contributed by atoms with van der Waals surface area (Å²) in [5, 5.41) is 0. The lowest BCUT2D eigenvalue weighted by Crippen LogP contribution is -2.45. The third kappa shape index (κ3) is 3.55. The van der Waals surface area contributed by atoms with Gasteiger partial charge in [-0.05, 0) is 67.3 Å². The van der Waals surface area contributed by atoms with Crippen molar-refractivity contribution < 1.29 is 4.79 Å². The summed E-state index contributed by atoms with van der Waals surface area (Å²) in [6.45, 7) is 4.11. The first-order valence-corrected chi connectivity index (χ1v) is 10.6. The van der Waals surface area contributed by atoms with E-state index in [9.17, 15) is 4.79 Å². The van der Waals surface area contributed by atoms with Crippen molar-refractivity contribution in [3.8, 4) is 0 Å². The highest BCUT2D eigenvalue weighted by Crippen LogP contribution is 2.58. The Balaban J connectivity index is 1.45. The van der Waals surface area contributed by atoms with E-state index in [1.807, 2.05) is 4.90 Å². The number of nitrogens with two attached hydrogens (primary N) is 1. The van der Waals surface area contributed by atoms with Crippen LogP contribution < -0.4 is 5.73 Å². The van der Waals surface area contributed by atoms with Gasteiger partial charge in [0.15, 0.2) is 0 Å². The van der Waals surface area contributed by atoms with E-state index in [0.717, 1.165) is 25.9 Å². The molecular weight excluding hydrogens is 320 g/mol. The Morgan fingerprint density at radius 1 is 1.23 bits per heavy atom. The van der Waals surface area contributed by atoms with E-state index >= 15 is 0 Å². The molecule has 0 radical (unpaired) electrons. The Morgan fingerprint density at radius 3 is 2.77 bits per heavy atom. The molecule has 3 aliphatic rings. The van der Waals surface area contributed by atoms with Crippen LogP contribution in [0.4, 0.5) is 0 Å². The Morgan fingerprint density at radius 2 is 2.04 bits per heavy atom. The van der Waals surface area contributed by atoms with Crippen LogP contribution in [0.3, 0.4) is 0 Å². The topological polar surface area (TPSA) is 46.3 Å².